The maximum Gasteiger partial charge on any atom is 0.323 e. The molecular formula is C15H19NO5. The summed E-state index contributed by atoms with van der Waals surface area (Å²) in [6.45, 7) is 4.35. The van der Waals surface area contributed by atoms with Crippen LogP contribution in [0.1, 0.15) is 30.6 Å². The minimum absolute atomic E-state index is 0.204. The van der Waals surface area contributed by atoms with E-state index >= 15 is 0 Å². The molecular weight excluding hydrogens is 274 g/mol. The van der Waals surface area contributed by atoms with Crippen LogP contribution in [0.4, 0.5) is 0 Å². The maximum atomic E-state index is 12.5. The van der Waals surface area contributed by atoms with Crippen LogP contribution >= 0.6 is 0 Å². The first-order valence-electron chi connectivity index (χ1n) is 6.91. The summed E-state index contributed by atoms with van der Waals surface area (Å²) in [6.07, 6.45) is 0.787. The van der Waals surface area contributed by atoms with Crippen LogP contribution in [0, 0.1) is 0 Å². The Morgan fingerprint density at radius 1 is 1.24 bits per heavy atom. The highest BCUT2D eigenvalue weighted by molar-refractivity contribution is 5.96. The molecule has 2 rings (SSSR count). The number of nitrogens with zero attached hydrogens (tertiary/aromatic N) is 1. The van der Waals surface area contributed by atoms with E-state index in [0.29, 0.717) is 30.3 Å². The number of rotatable bonds is 4. The Balaban J connectivity index is 2.25. The number of benzene rings is 1. The standard InChI is InChI=1S/C15H19NO5/c1-10(2)16(9-14(17)18)15(19)11-4-5-12-13(8-11)21-7-3-6-20-12/h4-5,8,10H,3,6-7,9H2,1-2H3,(H,17,18). The molecule has 0 saturated carbocycles. The molecule has 114 valence electrons. The monoisotopic (exact) mass is 293 g/mol. The minimum atomic E-state index is -1.04. The quantitative estimate of drug-likeness (QED) is 0.915. The zero-order valence-electron chi connectivity index (χ0n) is 12.2. The second-order valence-corrected chi connectivity index (χ2v) is 5.13. The molecule has 1 aliphatic rings. The van der Waals surface area contributed by atoms with Gasteiger partial charge in [-0.05, 0) is 32.0 Å². The van der Waals surface area contributed by atoms with Gasteiger partial charge in [0.15, 0.2) is 11.5 Å². The molecule has 6 nitrogen and oxygen atoms in total. The van der Waals surface area contributed by atoms with Crippen molar-refractivity contribution in [3.63, 3.8) is 0 Å². The SMILES string of the molecule is CC(C)N(CC(=O)O)C(=O)c1ccc2c(c1)OCCCO2. The molecule has 21 heavy (non-hydrogen) atoms. The van der Waals surface area contributed by atoms with Crippen LogP contribution in [0.2, 0.25) is 0 Å². The van der Waals surface area contributed by atoms with E-state index < -0.39 is 5.97 Å². The van der Waals surface area contributed by atoms with Crippen LogP contribution in [0.5, 0.6) is 11.5 Å². The number of aliphatic carboxylic acids is 1. The average molecular weight is 293 g/mol. The lowest BCUT2D eigenvalue weighted by atomic mass is 10.1. The van der Waals surface area contributed by atoms with E-state index in [1.807, 2.05) is 0 Å². The molecule has 0 unspecified atom stereocenters. The molecule has 0 bridgehead atoms. The fourth-order valence-corrected chi connectivity index (χ4v) is 2.10. The Morgan fingerprint density at radius 3 is 2.52 bits per heavy atom. The number of carbonyl (C=O) groups excluding carboxylic acids is 1. The van der Waals surface area contributed by atoms with E-state index in [9.17, 15) is 9.59 Å². The van der Waals surface area contributed by atoms with Crippen molar-refractivity contribution in [2.45, 2.75) is 26.3 Å². The fraction of sp³-hybridized carbons (Fsp3) is 0.467. The van der Waals surface area contributed by atoms with Crippen molar-refractivity contribution in [3.05, 3.63) is 23.8 Å². The van der Waals surface area contributed by atoms with Gasteiger partial charge >= 0.3 is 5.97 Å². The summed E-state index contributed by atoms with van der Waals surface area (Å²) >= 11 is 0. The van der Waals surface area contributed by atoms with Gasteiger partial charge in [-0.25, -0.2) is 0 Å². The van der Waals surface area contributed by atoms with Gasteiger partial charge < -0.3 is 19.5 Å². The second kappa shape index (κ2) is 6.47. The fourth-order valence-electron chi connectivity index (χ4n) is 2.10. The van der Waals surface area contributed by atoms with E-state index in [-0.39, 0.29) is 18.5 Å². The van der Waals surface area contributed by atoms with E-state index in [4.69, 9.17) is 14.6 Å². The van der Waals surface area contributed by atoms with Crippen molar-refractivity contribution in [2.75, 3.05) is 19.8 Å². The molecule has 0 fully saturated rings. The van der Waals surface area contributed by atoms with Crippen molar-refractivity contribution >= 4 is 11.9 Å². The van der Waals surface area contributed by atoms with Gasteiger partial charge in [-0.2, -0.15) is 0 Å². The van der Waals surface area contributed by atoms with Gasteiger partial charge in [0.05, 0.1) is 13.2 Å². The Hall–Kier alpha value is -2.24. The first-order chi connectivity index (χ1) is 9.99. The summed E-state index contributed by atoms with van der Waals surface area (Å²) in [5.74, 6) is -0.231. The molecule has 1 aromatic rings. The number of fused-ring (bicyclic) bond motifs is 1. The largest absolute Gasteiger partial charge is 0.490 e. The van der Waals surface area contributed by atoms with Gasteiger partial charge in [0.2, 0.25) is 0 Å². The van der Waals surface area contributed by atoms with Crippen molar-refractivity contribution in [3.8, 4) is 11.5 Å². The molecule has 1 N–H and O–H groups in total. The van der Waals surface area contributed by atoms with Crippen molar-refractivity contribution in [1.29, 1.82) is 0 Å². The molecule has 0 atom stereocenters. The number of amides is 1. The predicted octanol–water partition coefficient (Wildman–Crippen LogP) is 1.78. The third-order valence-corrected chi connectivity index (χ3v) is 3.18. The highest BCUT2D eigenvalue weighted by Gasteiger charge is 2.23. The molecule has 1 amide bonds. The summed E-state index contributed by atoms with van der Waals surface area (Å²) in [5, 5.41) is 8.92. The zero-order valence-corrected chi connectivity index (χ0v) is 12.2. The van der Waals surface area contributed by atoms with E-state index in [1.165, 1.54) is 4.90 Å². The summed E-state index contributed by atoms with van der Waals surface area (Å²) in [5.41, 5.74) is 0.397. The lowest BCUT2D eigenvalue weighted by Crippen LogP contribution is -2.40. The number of carbonyl (C=O) groups is 2. The lowest BCUT2D eigenvalue weighted by molar-refractivity contribution is -0.138. The predicted molar refractivity (Wildman–Crippen MR) is 75.9 cm³/mol. The van der Waals surface area contributed by atoms with E-state index in [2.05, 4.69) is 0 Å². The molecule has 1 aliphatic heterocycles. The van der Waals surface area contributed by atoms with Crippen LogP contribution in [-0.2, 0) is 4.79 Å². The molecule has 0 spiro atoms. The van der Waals surface area contributed by atoms with Gasteiger partial charge in [-0.1, -0.05) is 0 Å². The van der Waals surface area contributed by atoms with Crippen molar-refractivity contribution in [1.82, 2.24) is 4.90 Å². The first-order valence-corrected chi connectivity index (χ1v) is 6.91. The van der Waals surface area contributed by atoms with Crippen molar-refractivity contribution in [2.24, 2.45) is 0 Å². The van der Waals surface area contributed by atoms with Crippen LogP contribution in [0.3, 0.4) is 0 Å². The van der Waals surface area contributed by atoms with Gasteiger partial charge in [0.25, 0.3) is 5.91 Å². The third kappa shape index (κ3) is 3.65. The Morgan fingerprint density at radius 2 is 1.90 bits per heavy atom. The smallest absolute Gasteiger partial charge is 0.323 e. The van der Waals surface area contributed by atoms with Crippen LogP contribution in [0.15, 0.2) is 18.2 Å². The first kappa shape index (κ1) is 15.2. The molecule has 6 heteroatoms. The summed E-state index contributed by atoms with van der Waals surface area (Å²) in [4.78, 5) is 24.7. The number of hydrogen-bond acceptors (Lipinski definition) is 4. The van der Waals surface area contributed by atoms with Gasteiger partial charge in [-0.3, -0.25) is 9.59 Å². The second-order valence-electron chi connectivity index (χ2n) is 5.13. The average Bonchev–Trinajstić information content (AvgIpc) is 2.67. The number of carboxylic acids is 1. The highest BCUT2D eigenvalue weighted by atomic mass is 16.5. The topological polar surface area (TPSA) is 76.1 Å². The zero-order chi connectivity index (χ0) is 15.4. The Kier molecular flexibility index (Phi) is 4.67. The molecule has 0 aliphatic carbocycles. The third-order valence-electron chi connectivity index (χ3n) is 3.18. The maximum absolute atomic E-state index is 12.5. The van der Waals surface area contributed by atoms with Gasteiger partial charge in [0.1, 0.15) is 6.54 Å². The van der Waals surface area contributed by atoms with Crippen molar-refractivity contribution < 1.29 is 24.2 Å². The summed E-state index contributed by atoms with van der Waals surface area (Å²) in [6, 6.07) is 4.73. The van der Waals surface area contributed by atoms with Crippen LogP contribution in [-0.4, -0.2) is 47.7 Å². The Labute approximate surface area is 123 Å². The number of hydrogen-bond donors (Lipinski definition) is 1. The molecule has 0 saturated heterocycles. The number of carboxylic acid groups (broad SMARTS) is 1. The summed E-state index contributed by atoms with van der Waals surface area (Å²) < 4.78 is 11.1. The van der Waals surface area contributed by atoms with Crippen LogP contribution in [0.25, 0.3) is 0 Å². The number of ether oxygens (including phenoxy) is 2. The molecule has 0 aromatic heterocycles. The van der Waals surface area contributed by atoms with Gasteiger partial charge in [0, 0.05) is 18.0 Å². The van der Waals surface area contributed by atoms with Crippen LogP contribution < -0.4 is 9.47 Å². The minimum Gasteiger partial charge on any atom is -0.490 e. The highest BCUT2D eigenvalue weighted by Crippen LogP contribution is 2.30. The summed E-state index contributed by atoms with van der Waals surface area (Å²) in [7, 11) is 0. The molecule has 1 heterocycles. The Bertz CT molecular complexity index is 541. The van der Waals surface area contributed by atoms with E-state index in [1.54, 1.807) is 32.0 Å². The van der Waals surface area contributed by atoms with E-state index in [0.717, 1.165) is 6.42 Å². The lowest BCUT2D eigenvalue weighted by Gasteiger charge is -2.25. The van der Waals surface area contributed by atoms with Gasteiger partial charge in [-0.15, -0.1) is 0 Å². The molecule has 0 radical (unpaired) electrons. The normalized spacial score (nSPS) is 13.7. The molecule has 1 aromatic carbocycles.